The van der Waals surface area contributed by atoms with E-state index in [9.17, 15) is 18.0 Å². The van der Waals surface area contributed by atoms with Crippen LogP contribution in [0.1, 0.15) is 35.6 Å². The summed E-state index contributed by atoms with van der Waals surface area (Å²) in [6, 6.07) is 1.58. The molecule has 0 aliphatic carbocycles. The minimum Gasteiger partial charge on any atom is -0.379 e. The molecule has 0 unspecified atom stereocenters. The first-order valence-corrected chi connectivity index (χ1v) is 12.6. The summed E-state index contributed by atoms with van der Waals surface area (Å²) in [7, 11) is 0. The third-order valence-electron chi connectivity index (χ3n) is 6.36. The van der Waals surface area contributed by atoms with Gasteiger partial charge in [0.05, 0.1) is 25.3 Å². The van der Waals surface area contributed by atoms with E-state index in [2.05, 4.69) is 9.88 Å². The van der Waals surface area contributed by atoms with Crippen molar-refractivity contribution < 1.29 is 22.7 Å². The molecule has 0 N–H and O–H groups in total. The molecule has 10 heteroatoms. The highest BCUT2D eigenvalue weighted by Gasteiger charge is 2.28. The van der Waals surface area contributed by atoms with Crippen LogP contribution in [-0.4, -0.2) is 77.4 Å². The molecule has 1 amide bonds. The molecule has 2 fully saturated rings. The molecule has 1 atom stereocenters. The number of amides is 1. The largest absolute Gasteiger partial charge is 0.379 e. The minimum atomic E-state index is -1.30. The van der Waals surface area contributed by atoms with Gasteiger partial charge in [-0.05, 0) is 37.5 Å². The number of halogens is 3. The maximum absolute atomic E-state index is 14.0. The molecule has 0 radical (unpaired) electrons. The van der Waals surface area contributed by atoms with Gasteiger partial charge in [0, 0.05) is 56.2 Å². The maximum atomic E-state index is 14.0. The fourth-order valence-electron chi connectivity index (χ4n) is 4.43. The third-order valence-corrected chi connectivity index (χ3v) is 7.20. The number of hydrogen-bond donors (Lipinski definition) is 0. The number of hydrogen-bond acceptors (Lipinski definition) is 6. The fourth-order valence-corrected chi connectivity index (χ4v) is 5.26. The predicted octanol–water partition coefficient (Wildman–Crippen LogP) is 3.58. The van der Waals surface area contributed by atoms with E-state index in [4.69, 9.17) is 9.72 Å². The predicted molar refractivity (Wildman–Crippen MR) is 123 cm³/mol. The Hall–Kier alpha value is -2.17. The van der Waals surface area contributed by atoms with E-state index < -0.39 is 35.3 Å². The summed E-state index contributed by atoms with van der Waals surface area (Å²) in [5, 5.41) is 0.709. The number of rotatable bonds is 7. The lowest BCUT2D eigenvalue weighted by Crippen LogP contribution is -2.40. The molecule has 1 aromatic heterocycles. The fraction of sp³-hybridized carbons (Fsp3) is 0.542. The smallest absolute Gasteiger partial charge is 0.227 e. The average molecular weight is 495 g/mol. The molecule has 1 aromatic carbocycles. The van der Waals surface area contributed by atoms with Gasteiger partial charge in [-0.1, -0.05) is 11.8 Å². The zero-order chi connectivity index (χ0) is 24.1. The van der Waals surface area contributed by atoms with Gasteiger partial charge in [0.1, 0.15) is 5.82 Å². The second kappa shape index (κ2) is 11.5. The van der Waals surface area contributed by atoms with E-state index in [-0.39, 0.29) is 5.92 Å². The van der Waals surface area contributed by atoms with Gasteiger partial charge in [0.15, 0.2) is 16.8 Å². The first-order valence-electron chi connectivity index (χ1n) is 11.6. The van der Waals surface area contributed by atoms with Crippen molar-refractivity contribution in [1.82, 2.24) is 19.8 Å². The first-order chi connectivity index (χ1) is 16.4. The summed E-state index contributed by atoms with van der Waals surface area (Å²) >= 11 is 1.61. The lowest BCUT2D eigenvalue weighted by molar-refractivity contribution is -0.131. The van der Waals surface area contributed by atoms with E-state index in [0.29, 0.717) is 18.2 Å². The van der Waals surface area contributed by atoms with E-state index in [1.54, 1.807) is 16.7 Å². The molecule has 2 aliphatic heterocycles. The van der Waals surface area contributed by atoms with Gasteiger partial charge in [0.25, 0.3) is 0 Å². The number of thioether (sulfide) groups is 1. The molecule has 34 heavy (non-hydrogen) atoms. The Bertz CT molecular complexity index is 1020. The Morgan fingerprint density at radius 1 is 1.18 bits per heavy atom. The molecular formula is C24H29F3N4O2S. The summed E-state index contributed by atoms with van der Waals surface area (Å²) in [4.78, 5) is 26.0. The zero-order valence-electron chi connectivity index (χ0n) is 19.2. The highest BCUT2D eigenvalue weighted by Crippen LogP contribution is 2.29. The molecule has 2 aromatic rings. The molecule has 0 spiro atoms. The molecular weight excluding hydrogens is 465 g/mol. The van der Waals surface area contributed by atoms with Crippen LogP contribution in [0.2, 0.25) is 0 Å². The van der Waals surface area contributed by atoms with Gasteiger partial charge in [-0.15, -0.1) is 0 Å². The Labute approximate surface area is 201 Å². The van der Waals surface area contributed by atoms with Gasteiger partial charge < -0.3 is 9.64 Å². The van der Waals surface area contributed by atoms with Crippen LogP contribution in [0.4, 0.5) is 13.2 Å². The van der Waals surface area contributed by atoms with Crippen molar-refractivity contribution in [2.24, 2.45) is 0 Å². The lowest BCUT2D eigenvalue weighted by atomic mass is 9.92. The standard InChI is InChI=1S/C24H29F3N4O2S/c1-16-14-28-24(34-12-9-30-7-10-33-11-8-30)29-23(16)17-3-2-6-31(15-17)21(32)13-18-19(25)4-5-20(26)22(18)27/h4-5,14,17H,2-3,6-13,15H2,1H3/t17-/m1/s1. The van der Waals surface area contributed by atoms with Gasteiger partial charge in [-0.25, -0.2) is 23.1 Å². The van der Waals surface area contributed by atoms with Crippen LogP contribution in [-0.2, 0) is 16.0 Å². The van der Waals surface area contributed by atoms with Crippen LogP contribution in [0.5, 0.6) is 0 Å². The van der Waals surface area contributed by atoms with Crippen molar-refractivity contribution in [3.63, 3.8) is 0 Å². The maximum Gasteiger partial charge on any atom is 0.227 e. The number of aryl methyl sites for hydroxylation is 1. The number of ether oxygens (including phenoxy) is 1. The summed E-state index contributed by atoms with van der Waals surface area (Å²) in [6.45, 7) is 7.23. The summed E-state index contributed by atoms with van der Waals surface area (Å²) in [5.74, 6) is -2.89. The molecule has 6 nitrogen and oxygen atoms in total. The summed E-state index contributed by atoms with van der Waals surface area (Å²) in [5.41, 5.74) is 1.34. The molecule has 184 valence electrons. The first kappa shape index (κ1) is 24.9. The van der Waals surface area contributed by atoms with Gasteiger partial charge in [0.2, 0.25) is 5.91 Å². The van der Waals surface area contributed by atoms with Crippen molar-refractivity contribution in [2.75, 3.05) is 51.7 Å². The zero-order valence-corrected chi connectivity index (χ0v) is 20.1. The number of likely N-dealkylation sites (tertiary alicyclic amines) is 1. The van der Waals surface area contributed by atoms with Crippen LogP contribution in [0.3, 0.4) is 0 Å². The molecule has 0 saturated carbocycles. The number of nitrogens with zero attached hydrogens (tertiary/aromatic N) is 4. The lowest BCUT2D eigenvalue weighted by Gasteiger charge is -2.33. The quantitative estimate of drug-likeness (QED) is 0.333. The van der Waals surface area contributed by atoms with Crippen molar-refractivity contribution in [2.45, 2.75) is 37.3 Å². The highest BCUT2D eigenvalue weighted by atomic mass is 32.2. The van der Waals surface area contributed by atoms with Crippen molar-refractivity contribution >= 4 is 17.7 Å². The number of carbonyl (C=O) groups excluding carboxylic acids is 1. The summed E-state index contributed by atoms with van der Waals surface area (Å²) < 4.78 is 46.9. The van der Waals surface area contributed by atoms with E-state index in [1.807, 2.05) is 13.1 Å². The second-order valence-electron chi connectivity index (χ2n) is 8.70. The molecule has 4 rings (SSSR count). The number of piperidine rings is 1. The SMILES string of the molecule is Cc1cnc(SCCN2CCOCC2)nc1[C@@H]1CCCN(C(=O)Cc2c(F)ccc(F)c2F)C1. The van der Waals surface area contributed by atoms with Crippen LogP contribution >= 0.6 is 11.8 Å². The number of carbonyl (C=O) groups is 1. The van der Waals surface area contributed by atoms with Crippen LogP contribution in [0.15, 0.2) is 23.5 Å². The van der Waals surface area contributed by atoms with Gasteiger partial charge in [-0.3, -0.25) is 9.69 Å². The van der Waals surface area contributed by atoms with Crippen LogP contribution < -0.4 is 0 Å². The van der Waals surface area contributed by atoms with Gasteiger partial charge >= 0.3 is 0 Å². The monoisotopic (exact) mass is 494 g/mol. The summed E-state index contributed by atoms with van der Waals surface area (Å²) in [6.07, 6.45) is 2.93. The Balaban J connectivity index is 1.39. The van der Waals surface area contributed by atoms with E-state index >= 15 is 0 Å². The molecule has 2 aliphatic rings. The normalized spacial score (nSPS) is 19.4. The number of aromatic nitrogens is 2. The third kappa shape index (κ3) is 6.09. The van der Waals surface area contributed by atoms with Crippen LogP contribution in [0, 0.1) is 24.4 Å². The molecule has 3 heterocycles. The Morgan fingerprint density at radius 3 is 2.74 bits per heavy atom. The van der Waals surface area contributed by atoms with E-state index in [1.165, 1.54) is 0 Å². The number of benzene rings is 1. The number of morpholine rings is 1. The Morgan fingerprint density at radius 2 is 1.94 bits per heavy atom. The molecule has 0 bridgehead atoms. The minimum absolute atomic E-state index is 0.0153. The Kier molecular flexibility index (Phi) is 8.44. The van der Waals surface area contributed by atoms with Crippen molar-refractivity contribution in [3.05, 3.63) is 52.6 Å². The van der Waals surface area contributed by atoms with Crippen LogP contribution in [0.25, 0.3) is 0 Å². The van der Waals surface area contributed by atoms with E-state index in [0.717, 1.165) is 74.8 Å². The topological polar surface area (TPSA) is 58.6 Å². The second-order valence-corrected chi connectivity index (χ2v) is 9.76. The molecule has 2 saturated heterocycles. The average Bonchev–Trinajstić information content (AvgIpc) is 2.86. The van der Waals surface area contributed by atoms with Gasteiger partial charge in [-0.2, -0.15) is 0 Å². The van der Waals surface area contributed by atoms with Crippen molar-refractivity contribution in [1.29, 1.82) is 0 Å². The van der Waals surface area contributed by atoms with Crippen molar-refractivity contribution in [3.8, 4) is 0 Å². The highest BCUT2D eigenvalue weighted by molar-refractivity contribution is 7.99.